The number of amides is 1. The number of halogens is 1. The lowest BCUT2D eigenvalue weighted by Crippen LogP contribution is -2.62. The standard InChI is InChI=1S/C10H12ClN3O2S/c1-10(2)8(16)12-3-4-14(10)9-13-7(11)6(5-15)17-9/h5H,3-4H2,1-2H3,(H,12,16). The fraction of sp³-hybridized carbons (Fsp3) is 0.500. The lowest BCUT2D eigenvalue weighted by molar-refractivity contribution is -0.126. The second kappa shape index (κ2) is 4.27. The van der Waals surface area contributed by atoms with Crippen LogP contribution in [-0.2, 0) is 4.79 Å². The van der Waals surface area contributed by atoms with Gasteiger partial charge in [-0.3, -0.25) is 9.59 Å². The Hall–Kier alpha value is -1.14. The van der Waals surface area contributed by atoms with E-state index in [1.165, 1.54) is 11.3 Å². The van der Waals surface area contributed by atoms with Gasteiger partial charge in [0.2, 0.25) is 5.91 Å². The molecule has 1 fully saturated rings. The summed E-state index contributed by atoms with van der Waals surface area (Å²) in [5.74, 6) is -0.0530. The molecule has 0 spiro atoms. The van der Waals surface area contributed by atoms with Crippen LogP contribution in [0.2, 0.25) is 5.15 Å². The number of nitrogens with zero attached hydrogens (tertiary/aromatic N) is 2. The molecule has 1 saturated heterocycles. The highest BCUT2D eigenvalue weighted by atomic mass is 35.5. The second-order valence-electron chi connectivity index (χ2n) is 4.24. The van der Waals surface area contributed by atoms with Crippen LogP contribution in [0.5, 0.6) is 0 Å². The topological polar surface area (TPSA) is 62.3 Å². The summed E-state index contributed by atoms with van der Waals surface area (Å²) in [4.78, 5) is 28.9. The van der Waals surface area contributed by atoms with Crippen molar-refractivity contribution in [1.82, 2.24) is 10.3 Å². The smallest absolute Gasteiger partial charge is 0.245 e. The summed E-state index contributed by atoms with van der Waals surface area (Å²) in [5, 5.41) is 3.61. The van der Waals surface area contributed by atoms with Crippen LogP contribution in [0, 0.1) is 0 Å². The molecule has 0 aromatic carbocycles. The molecule has 1 aromatic rings. The predicted molar refractivity (Wildman–Crippen MR) is 66.9 cm³/mol. The van der Waals surface area contributed by atoms with Crippen molar-refractivity contribution < 1.29 is 9.59 Å². The molecule has 0 aliphatic carbocycles. The van der Waals surface area contributed by atoms with Crippen LogP contribution in [0.15, 0.2) is 0 Å². The molecule has 2 rings (SSSR count). The molecule has 0 atom stereocenters. The maximum atomic E-state index is 11.8. The average molecular weight is 274 g/mol. The predicted octanol–water partition coefficient (Wildman–Crippen LogP) is 1.32. The Labute approximate surface area is 108 Å². The van der Waals surface area contributed by atoms with Gasteiger partial charge in [0.25, 0.3) is 0 Å². The molecular weight excluding hydrogens is 262 g/mol. The van der Waals surface area contributed by atoms with E-state index < -0.39 is 5.54 Å². The molecule has 5 nitrogen and oxygen atoms in total. The van der Waals surface area contributed by atoms with Gasteiger partial charge in [0.05, 0.1) is 0 Å². The quantitative estimate of drug-likeness (QED) is 0.826. The van der Waals surface area contributed by atoms with E-state index in [4.69, 9.17) is 11.6 Å². The number of hydrogen-bond donors (Lipinski definition) is 1. The Balaban J connectivity index is 2.37. The molecule has 17 heavy (non-hydrogen) atoms. The van der Waals surface area contributed by atoms with Gasteiger partial charge in [-0.25, -0.2) is 4.98 Å². The molecule has 0 radical (unpaired) electrons. The lowest BCUT2D eigenvalue weighted by atomic mass is 10.00. The molecule has 2 heterocycles. The average Bonchev–Trinajstić information content (AvgIpc) is 2.63. The zero-order valence-electron chi connectivity index (χ0n) is 9.49. The zero-order valence-corrected chi connectivity index (χ0v) is 11.1. The fourth-order valence-electron chi connectivity index (χ4n) is 1.72. The Bertz CT molecular complexity index is 472. The van der Waals surface area contributed by atoms with Crippen molar-refractivity contribution in [2.24, 2.45) is 0 Å². The molecule has 7 heteroatoms. The van der Waals surface area contributed by atoms with E-state index in [-0.39, 0.29) is 11.1 Å². The zero-order chi connectivity index (χ0) is 12.6. The van der Waals surface area contributed by atoms with E-state index in [2.05, 4.69) is 10.3 Å². The minimum atomic E-state index is -0.681. The highest BCUT2D eigenvalue weighted by Crippen LogP contribution is 2.33. The normalized spacial score (nSPS) is 19.0. The third-order valence-electron chi connectivity index (χ3n) is 2.79. The second-order valence-corrected chi connectivity index (χ2v) is 5.60. The number of anilines is 1. The van der Waals surface area contributed by atoms with Crippen LogP contribution in [0.3, 0.4) is 0 Å². The minimum Gasteiger partial charge on any atom is -0.352 e. The highest BCUT2D eigenvalue weighted by Gasteiger charge is 2.39. The monoisotopic (exact) mass is 273 g/mol. The molecule has 1 N–H and O–H groups in total. The SMILES string of the molecule is CC1(C)C(=O)NCCN1c1nc(Cl)c(C=O)s1. The maximum Gasteiger partial charge on any atom is 0.245 e. The number of carbonyl (C=O) groups is 2. The van der Waals surface area contributed by atoms with Crippen molar-refractivity contribution >= 4 is 40.3 Å². The fourth-order valence-corrected chi connectivity index (χ4v) is 2.96. The van der Waals surface area contributed by atoms with E-state index >= 15 is 0 Å². The Morgan fingerprint density at radius 2 is 2.29 bits per heavy atom. The van der Waals surface area contributed by atoms with Crippen LogP contribution in [-0.4, -0.2) is 35.8 Å². The van der Waals surface area contributed by atoms with Gasteiger partial charge in [0.15, 0.2) is 16.6 Å². The maximum absolute atomic E-state index is 11.8. The van der Waals surface area contributed by atoms with Crippen LogP contribution >= 0.6 is 22.9 Å². The van der Waals surface area contributed by atoms with Crippen molar-refractivity contribution in [2.45, 2.75) is 19.4 Å². The Morgan fingerprint density at radius 1 is 1.59 bits per heavy atom. The van der Waals surface area contributed by atoms with Gasteiger partial charge in [-0.2, -0.15) is 0 Å². The Kier molecular flexibility index (Phi) is 3.09. The molecule has 1 aromatic heterocycles. The summed E-state index contributed by atoms with van der Waals surface area (Å²) >= 11 is 7.04. The van der Waals surface area contributed by atoms with Crippen molar-refractivity contribution in [3.05, 3.63) is 10.0 Å². The molecule has 0 bridgehead atoms. The molecule has 92 valence electrons. The summed E-state index contributed by atoms with van der Waals surface area (Å²) in [6.07, 6.45) is 0.681. The summed E-state index contributed by atoms with van der Waals surface area (Å²) in [6, 6.07) is 0. The summed E-state index contributed by atoms with van der Waals surface area (Å²) in [5.41, 5.74) is -0.681. The number of thiazole rings is 1. The first-order valence-corrected chi connectivity index (χ1v) is 6.33. The summed E-state index contributed by atoms with van der Waals surface area (Å²) in [7, 11) is 0. The number of piperazine rings is 1. The van der Waals surface area contributed by atoms with E-state index in [1.807, 2.05) is 18.7 Å². The van der Waals surface area contributed by atoms with Crippen LogP contribution in [0.1, 0.15) is 23.5 Å². The van der Waals surface area contributed by atoms with Crippen molar-refractivity contribution in [2.75, 3.05) is 18.0 Å². The van der Waals surface area contributed by atoms with Crippen molar-refractivity contribution in [1.29, 1.82) is 0 Å². The van der Waals surface area contributed by atoms with Gasteiger partial charge in [0, 0.05) is 13.1 Å². The minimum absolute atomic E-state index is 0.0530. The number of hydrogen-bond acceptors (Lipinski definition) is 5. The lowest BCUT2D eigenvalue weighted by Gasteiger charge is -2.40. The Morgan fingerprint density at radius 3 is 2.88 bits per heavy atom. The van der Waals surface area contributed by atoms with E-state index in [9.17, 15) is 9.59 Å². The van der Waals surface area contributed by atoms with Crippen LogP contribution in [0.4, 0.5) is 5.13 Å². The van der Waals surface area contributed by atoms with Gasteiger partial charge in [-0.15, -0.1) is 0 Å². The van der Waals surface area contributed by atoms with Crippen molar-refractivity contribution in [3.63, 3.8) is 0 Å². The van der Waals surface area contributed by atoms with Gasteiger partial charge in [-0.05, 0) is 13.8 Å². The number of carbonyl (C=O) groups excluding carboxylic acids is 2. The van der Waals surface area contributed by atoms with Gasteiger partial charge >= 0.3 is 0 Å². The summed E-state index contributed by atoms with van der Waals surface area (Å²) < 4.78 is 0. The number of aromatic nitrogens is 1. The van der Waals surface area contributed by atoms with E-state index in [0.717, 1.165) is 0 Å². The number of nitrogens with one attached hydrogen (secondary N) is 1. The number of rotatable bonds is 2. The number of aldehydes is 1. The first-order valence-electron chi connectivity index (χ1n) is 5.14. The van der Waals surface area contributed by atoms with E-state index in [0.29, 0.717) is 29.4 Å². The molecule has 1 aliphatic rings. The molecule has 1 amide bonds. The first-order chi connectivity index (χ1) is 7.96. The van der Waals surface area contributed by atoms with Gasteiger partial charge < -0.3 is 10.2 Å². The molecule has 1 aliphatic heterocycles. The summed E-state index contributed by atoms with van der Waals surface area (Å²) in [6.45, 7) is 4.85. The van der Waals surface area contributed by atoms with E-state index in [1.54, 1.807) is 0 Å². The van der Waals surface area contributed by atoms with Gasteiger partial charge in [0.1, 0.15) is 10.4 Å². The first kappa shape index (κ1) is 12.3. The third-order valence-corrected chi connectivity index (χ3v) is 4.19. The van der Waals surface area contributed by atoms with Gasteiger partial charge in [-0.1, -0.05) is 22.9 Å². The van der Waals surface area contributed by atoms with Crippen LogP contribution < -0.4 is 10.2 Å². The van der Waals surface area contributed by atoms with Crippen LogP contribution in [0.25, 0.3) is 0 Å². The van der Waals surface area contributed by atoms with Crippen molar-refractivity contribution in [3.8, 4) is 0 Å². The third kappa shape index (κ3) is 2.02. The highest BCUT2D eigenvalue weighted by molar-refractivity contribution is 7.17. The molecule has 0 saturated carbocycles. The molecule has 0 unspecified atom stereocenters. The molecular formula is C10H12ClN3O2S. The largest absolute Gasteiger partial charge is 0.352 e.